The molecule has 4 nitrogen and oxygen atoms in total. The smallest absolute Gasteiger partial charge is 0.336 e. The number of fused-ring (bicyclic) bond motifs is 1. The molecule has 0 aliphatic heterocycles. The van der Waals surface area contributed by atoms with Crippen molar-refractivity contribution in [1.82, 2.24) is 0 Å². The van der Waals surface area contributed by atoms with Gasteiger partial charge in [-0.25, -0.2) is 4.79 Å². The summed E-state index contributed by atoms with van der Waals surface area (Å²) >= 11 is 12.2. The molecule has 0 aliphatic carbocycles. The maximum atomic E-state index is 12.2. The van der Waals surface area contributed by atoms with Gasteiger partial charge in [0.2, 0.25) is 5.91 Å². The number of benzene rings is 2. The van der Waals surface area contributed by atoms with Gasteiger partial charge in [-0.2, -0.15) is 0 Å². The van der Waals surface area contributed by atoms with Crippen molar-refractivity contribution in [3.8, 4) is 0 Å². The Morgan fingerprint density at radius 1 is 1.12 bits per heavy atom. The summed E-state index contributed by atoms with van der Waals surface area (Å²) in [6.45, 7) is 1.83. The molecule has 0 saturated heterocycles. The second-order valence-corrected chi connectivity index (χ2v) is 6.20. The molecule has 3 aromatic rings. The van der Waals surface area contributed by atoms with Crippen molar-refractivity contribution in [2.45, 2.75) is 13.3 Å². The van der Waals surface area contributed by atoms with Crippen LogP contribution in [-0.2, 0) is 11.2 Å². The molecule has 1 N–H and O–H groups in total. The summed E-state index contributed by atoms with van der Waals surface area (Å²) in [5, 5.41) is 4.46. The highest BCUT2D eigenvalue weighted by molar-refractivity contribution is 6.36. The first-order valence-electron chi connectivity index (χ1n) is 7.21. The number of amides is 1. The zero-order valence-electron chi connectivity index (χ0n) is 12.7. The number of nitrogens with one attached hydrogen (secondary N) is 1. The summed E-state index contributed by atoms with van der Waals surface area (Å²) in [6.07, 6.45) is 0.0499. The summed E-state index contributed by atoms with van der Waals surface area (Å²) < 4.78 is 5.17. The Morgan fingerprint density at radius 3 is 2.54 bits per heavy atom. The van der Waals surface area contributed by atoms with E-state index in [0.29, 0.717) is 26.9 Å². The van der Waals surface area contributed by atoms with Gasteiger partial charge in [-0.3, -0.25) is 4.79 Å². The molecule has 0 unspecified atom stereocenters. The van der Waals surface area contributed by atoms with Crippen molar-refractivity contribution < 1.29 is 9.21 Å². The van der Waals surface area contributed by atoms with Crippen molar-refractivity contribution in [2.24, 2.45) is 0 Å². The second-order valence-electron chi connectivity index (χ2n) is 5.38. The number of anilines is 1. The zero-order valence-corrected chi connectivity index (χ0v) is 14.2. The minimum Gasteiger partial charge on any atom is -0.423 e. The van der Waals surface area contributed by atoms with Crippen molar-refractivity contribution in [2.75, 3.05) is 5.32 Å². The monoisotopic (exact) mass is 361 g/mol. The Hall–Kier alpha value is -2.30. The van der Waals surface area contributed by atoms with Crippen LogP contribution in [0.2, 0.25) is 10.0 Å². The number of aryl methyl sites for hydroxylation is 1. The zero-order chi connectivity index (χ0) is 17.3. The molecule has 24 heavy (non-hydrogen) atoms. The van der Waals surface area contributed by atoms with Crippen LogP contribution in [0, 0.1) is 6.92 Å². The third-order valence-electron chi connectivity index (χ3n) is 3.63. The SMILES string of the molecule is Cc1cc(=O)oc2cc(NC(=O)Cc3c(Cl)cccc3Cl)ccc12. The van der Waals surface area contributed by atoms with Crippen molar-refractivity contribution >= 4 is 45.8 Å². The lowest BCUT2D eigenvalue weighted by molar-refractivity contribution is -0.115. The predicted octanol–water partition coefficient (Wildman–Crippen LogP) is 4.59. The quantitative estimate of drug-likeness (QED) is 0.694. The number of halogens is 2. The summed E-state index contributed by atoms with van der Waals surface area (Å²) in [4.78, 5) is 23.7. The van der Waals surface area contributed by atoms with Crippen molar-refractivity contribution in [1.29, 1.82) is 0 Å². The van der Waals surface area contributed by atoms with Crippen LogP contribution in [-0.4, -0.2) is 5.91 Å². The summed E-state index contributed by atoms with van der Waals surface area (Å²) in [6, 6.07) is 11.7. The third kappa shape index (κ3) is 3.45. The summed E-state index contributed by atoms with van der Waals surface area (Å²) in [7, 11) is 0. The Morgan fingerprint density at radius 2 is 1.83 bits per heavy atom. The average molecular weight is 362 g/mol. The van der Waals surface area contributed by atoms with Crippen molar-refractivity contribution in [3.63, 3.8) is 0 Å². The van der Waals surface area contributed by atoms with Crippen LogP contribution in [0.5, 0.6) is 0 Å². The van der Waals surface area contributed by atoms with Gasteiger partial charge in [-0.05, 0) is 42.3 Å². The Labute approximate surface area is 148 Å². The highest BCUT2D eigenvalue weighted by Crippen LogP contribution is 2.25. The molecular formula is C18H13Cl2NO3. The first-order chi connectivity index (χ1) is 11.4. The van der Waals surface area contributed by atoms with E-state index in [1.807, 2.05) is 6.92 Å². The Kier molecular flexibility index (Phi) is 4.60. The molecule has 0 saturated carbocycles. The van der Waals surface area contributed by atoms with Crippen LogP contribution in [0.3, 0.4) is 0 Å². The molecule has 0 spiro atoms. The van der Waals surface area contributed by atoms with Gasteiger partial charge in [0, 0.05) is 33.3 Å². The lowest BCUT2D eigenvalue weighted by Gasteiger charge is -2.09. The highest BCUT2D eigenvalue weighted by Gasteiger charge is 2.12. The molecule has 0 bridgehead atoms. The minimum absolute atomic E-state index is 0.0499. The molecule has 1 heterocycles. The molecule has 0 radical (unpaired) electrons. The van der Waals surface area contributed by atoms with E-state index < -0.39 is 5.63 Å². The van der Waals surface area contributed by atoms with Gasteiger partial charge in [0.15, 0.2) is 0 Å². The second kappa shape index (κ2) is 6.67. The van der Waals surface area contributed by atoms with Gasteiger partial charge in [0.05, 0.1) is 6.42 Å². The van der Waals surface area contributed by atoms with Crippen LogP contribution in [0.4, 0.5) is 5.69 Å². The number of carbonyl (C=O) groups excluding carboxylic acids is 1. The van der Waals surface area contributed by atoms with E-state index in [9.17, 15) is 9.59 Å². The van der Waals surface area contributed by atoms with Crippen LogP contribution in [0.25, 0.3) is 11.0 Å². The molecule has 1 amide bonds. The first kappa shape index (κ1) is 16.6. The number of hydrogen-bond acceptors (Lipinski definition) is 3. The molecule has 0 aliphatic rings. The molecule has 6 heteroatoms. The molecule has 3 rings (SSSR count). The van der Waals surface area contributed by atoms with E-state index in [0.717, 1.165) is 10.9 Å². The topological polar surface area (TPSA) is 59.3 Å². The number of hydrogen-bond donors (Lipinski definition) is 1. The van der Waals surface area contributed by atoms with Crippen LogP contribution < -0.4 is 10.9 Å². The fourth-order valence-corrected chi connectivity index (χ4v) is 3.00. The lowest BCUT2D eigenvalue weighted by Crippen LogP contribution is -2.15. The maximum absolute atomic E-state index is 12.2. The summed E-state index contributed by atoms with van der Waals surface area (Å²) in [5.41, 5.74) is 1.92. The minimum atomic E-state index is -0.425. The lowest BCUT2D eigenvalue weighted by atomic mass is 10.1. The van der Waals surface area contributed by atoms with E-state index in [1.165, 1.54) is 6.07 Å². The molecule has 2 aromatic carbocycles. The number of rotatable bonds is 3. The normalized spacial score (nSPS) is 10.8. The van der Waals surface area contributed by atoms with E-state index in [-0.39, 0.29) is 12.3 Å². The van der Waals surface area contributed by atoms with E-state index in [1.54, 1.807) is 36.4 Å². The largest absolute Gasteiger partial charge is 0.423 e. The van der Waals surface area contributed by atoms with Gasteiger partial charge in [0.25, 0.3) is 0 Å². The van der Waals surface area contributed by atoms with Gasteiger partial charge in [-0.15, -0.1) is 0 Å². The Balaban J connectivity index is 1.84. The van der Waals surface area contributed by atoms with E-state index in [4.69, 9.17) is 27.6 Å². The average Bonchev–Trinajstić information content (AvgIpc) is 2.50. The molecule has 122 valence electrons. The van der Waals surface area contributed by atoms with Gasteiger partial charge in [0.1, 0.15) is 5.58 Å². The first-order valence-corrected chi connectivity index (χ1v) is 7.97. The van der Waals surface area contributed by atoms with Gasteiger partial charge in [-0.1, -0.05) is 29.3 Å². The van der Waals surface area contributed by atoms with E-state index in [2.05, 4.69) is 5.32 Å². The van der Waals surface area contributed by atoms with Crippen LogP contribution in [0.1, 0.15) is 11.1 Å². The van der Waals surface area contributed by atoms with Gasteiger partial charge < -0.3 is 9.73 Å². The Bertz CT molecular complexity index is 975. The highest BCUT2D eigenvalue weighted by atomic mass is 35.5. The summed E-state index contributed by atoms with van der Waals surface area (Å²) in [5.74, 6) is -0.264. The van der Waals surface area contributed by atoms with Crippen LogP contribution in [0.15, 0.2) is 51.7 Å². The molecular weight excluding hydrogens is 349 g/mol. The van der Waals surface area contributed by atoms with Crippen molar-refractivity contribution in [3.05, 3.63) is 74.1 Å². The molecule has 0 atom stereocenters. The predicted molar refractivity (Wildman–Crippen MR) is 96.0 cm³/mol. The molecule has 0 fully saturated rings. The van der Waals surface area contributed by atoms with Crippen LogP contribution >= 0.6 is 23.2 Å². The molecule has 1 aromatic heterocycles. The third-order valence-corrected chi connectivity index (χ3v) is 4.34. The van der Waals surface area contributed by atoms with E-state index >= 15 is 0 Å². The maximum Gasteiger partial charge on any atom is 0.336 e. The fourth-order valence-electron chi connectivity index (χ4n) is 2.47. The van der Waals surface area contributed by atoms with Gasteiger partial charge >= 0.3 is 5.63 Å². The fraction of sp³-hybridized carbons (Fsp3) is 0.111. The number of carbonyl (C=O) groups is 1. The standard InChI is InChI=1S/C18H13Cl2NO3/c1-10-7-18(23)24-16-8-11(5-6-12(10)16)21-17(22)9-13-14(19)3-2-4-15(13)20/h2-8H,9H2,1H3,(H,21,22).